The number of pyridine rings is 1. The van der Waals surface area contributed by atoms with Crippen molar-refractivity contribution in [2.75, 3.05) is 86.7 Å². The standard InChI is InChI=1S/C45H50FN9O5/c1-30-25-34(27-48-39(30)47-2)54-18-13-44(28-54)11-16-53(17-12-44)41(58)31-3-5-32(6-4-31)52-23-21-50(22-24-52)29-45(46)14-19-51(20-15-45)33-7-8-35-36(26-33)43(60)55(42(35)59)37-9-10-38(56)49-40(37)57/h3-8,25-27,37H,9-24,28-29H2,1H3,(H,49,56,57). The first-order valence-electron chi connectivity index (χ1n) is 21.2. The molecule has 1 aromatic heterocycles. The average molecular weight is 816 g/mol. The molecular formula is C45H50FN9O5. The average Bonchev–Trinajstić information content (AvgIpc) is 3.78. The number of piperazine rings is 1. The lowest BCUT2D eigenvalue weighted by molar-refractivity contribution is -0.136. The molecule has 312 valence electrons. The van der Waals surface area contributed by atoms with E-state index in [4.69, 9.17) is 6.57 Å². The Balaban J connectivity index is 0.726. The fraction of sp³-hybridized carbons (Fsp3) is 0.489. The molecule has 6 aliphatic rings. The highest BCUT2D eigenvalue weighted by Crippen LogP contribution is 2.43. The second-order valence-corrected chi connectivity index (χ2v) is 17.5. The Morgan fingerprint density at radius 3 is 2.13 bits per heavy atom. The molecule has 1 spiro atoms. The van der Waals surface area contributed by atoms with Crippen molar-refractivity contribution in [2.45, 2.75) is 63.6 Å². The van der Waals surface area contributed by atoms with E-state index in [1.54, 1.807) is 18.2 Å². The van der Waals surface area contributed by atoms with E-state index in [9.17, 15) is 24.0 Å². The summed E-state index contributed by atoms with van der Waals surface area (Å²) in [6.07, 6.45) is 5.67. The van der Waals surface area contributed by atoms with Gasteiger partial charge >= 0.3 is 0 Å². The highest BCUT2D eigenvalue weighted by atomic mass is 19.1. The number of aromatic nitrogens is 1. The van der Waals surface area contributed by atoms with Crippen molar-refractivity contribution in [3.63, 3.8) is 0 Å². The Bertz CT molecular complexity index is 2270. The van der Waals surface area contributed by atoms with Gasteiger partial charge in [0.1, 0.15) is 17.9 Å². The minimum Gasteiger partial charge on any atom is -0.371 e. The summed E-state index contributed by atoms with van der Waals surface area (Å²) in [4.78, 5) is 83.8. The molecule has 7 heterocycles. The first-order valence-corrected chi connectivity index (χ1v) is 21.2. The van der Waals surface area contributed by atoms with Gasteiger partial charge < -0.3 is 24.4 Å². The van der Waals surface area contributed by atoms with Gasteiger partial charge in [0.15, 0.2) is 0 Å². The number of halogens is 1. The summed E-state index contributed by atoms with van der Waals surface area (Å²) in [5, 5.41) is 2.22. The van der Waals surface area contributed by atoms with Gasteiger partial charge in [0.05, 0.1) is 16.8 Å². The smallest absolute Gasteiger partial charge is 0.272 e. The van der Waals surface area contributed by atoms with E-state index in [0.29, 0.717) is 43.9 Å². The molecule has 15 heteroatoms. The van der Waals surface area contributed by atoms with Crippen molar-refractivity contribution in [1.82, 2.24) is 25.0 Å². The molecule has 0 aliphatic carbocycles. The predicted molar refractivity (Wildman–Crippen MR) is 223 cm³/mol. The number of hydrogen-bond donors (Lipinski definition) is 1. The van der Waals surface area contributed by atoms with Crippen LogP contribution in [0.5, 0.6) is 0 Å². The van der Waals surface area contributed by atoms with Crippen molar-refractivity contribution < 1.29 is 28.4 Å². The Morgan fingerprint density at radius 1 is 0.800 bits per heavy atom. The number of benzene rings is 2. The quantitative estimate of drug-likeness (QED) is 0.267. The zero-order valence-electron chi connectivity index (χ0n) is 34.0. The number of anilines is 3. The molecule has 1 N–H and O–H groups in total. The fourth-order valence-corrected chi connectivity index (χ4v) is 10.1. The van der Waals surface area contributed by atoms with E-state index in [1.807, 2.05) is 47.2 Å². The van der Waals surface area contributed by atoms with Gasteiger partial charge in [-0.1, -0.05) is 6.57 Å². The number of rotatable bonds is 7. The zero-order valence-corrected chi connectivity index (χ0v) is 34.0. The maximum absolute atomic E-state index is 16.3. The minimum atomic E-state index is -1.35. The van der Waals surface area contributed by atoms with Crippen LogP contribution in [-0.4, -0.2) is 133 Å². The lowest BCUT2D eigenvalue weighted by Crippen LogP contribution is -2.54. The number of carbonyl (C=O) groups excluding carboxylic acids is 5. The summed E-state index contributed by atoms with van der Waals surface area (Å²) in [5.41, 5.74) is 3.75. The van der Waals surface area contributed by atoms with Gasteiger partial charge in [0.25, 0.3) is 23.5 Å². The first kappa shape index (κ1) is 39.6. The van der Waals surface area contributed by atoms with Crippen molar-refractivity contribution >= 4 is 52.4 Å². The van der Waals surface area contributed by atoms with Gasteiger partial charge in [-0.2, -0.15) is 0 Å². The number of imide groups is 2. The second kappa shape index (κ2) is 15.6. The van der Waals surface area contributed by atoms with Crippen LogP contribution in [0.4, 0.5) is 27.3 Å². The largest absolute Gasteiger partial charge is 0.371 e. The van der Waals surface area contributed by atoms with Crippen LogP contribution in [0.1, 0.15) is 81.6 Å². The van der Waals surface area contributed by atoms with Crippen LogP contribution in [0.15, 0.2) is 54.7 Å². The predicted octanol–water partition coefficient (Wildman–Crippen LogP) is 4.61. The summed E-state index contributed by atoms with van der Waals surface area (Å²) in [6.45, 7) is 16.9. The van der Waals surface area contributed by atoms with Crippen LogP contribution in [0, 0.1) is 18.9 Å². The summed E-state index contributed by atoms with van der Waals surface area (Å²) >= 11 is 0. The van der Waals surface area contributed by atoms with E-state index >= 15 is 4.39 Å². The van der Waals surface area contributed by atoms with Crippen molar-refractivity contribution in [2.24, 2.45) is 5.41 Å². The molecule has 0 saturated carbocycles. The molecule has 2 aromatic carbocycles. The lowest BCUT2D eigenvalue weighted by atomic mass is 9.77. The number of piperidine rings is 3. The van der Waals surface area contributed by atoms with E-state index in [-0.39, 0.29) is 35.3 Å². The van der Waals surface area contributed by atoms with Crippen LogP contribution < -0.4 is 20.0 Å². The minimum absolute atomic E-state index is 0.0606. The lowest BCUT2D eigenvalue weighted by Gasteiger charge is -2.43. The number of fused-ring (bicyclic) bond motifs is 1. The normalized spacial score (nSPS) is 22.9. The third kappa shape index (κ3) is 7.46. The Hall–Kier alpha value is -5.88. The monoisotopic (exact) mass is 815 g/mol. The maximum atomic E-state index is 16.3. The molecule has 1 unspecified atom stereocenters. The zero-order chi connectivity index (χ0) is 41.8. The number of carbonyl (C=O) groups is 5. The van der Waals surface area contributed by atoms with Crippen molar-refractivity contribution in [3.05, 3.63) is 88.4 Å². The van der Waals surface area contributed by atoms with Crippen molar-refractivity contribution in [1.29, 1.82) is 0 Å². The third-order valence-corrected chi connectivity index (χ3v) is 13.9. The molecule has 3 aromatic rings. The highest BCUT2D eigenvalue weighted by molar-refractivity contribution is 6.23. The van der Waals surface area contributed by atoms with Crippen molar-refractivity contribution in [3.8, 4) is 0 Å². The number of likely N-dealkylation sites (tertiary alicyclic amines) is 1. The first-order chi connectivity index (χ1) is 28.9. The number of hydrogen-bond acceptors (Lipinski definition) is 10. The van der Waals surface area contributed by atoms with E-state index in [0.717, 1.165) is 99.1 Å². The Morgan fingerprint density at radius 2 is 1.45 bits per heavy atom. The molecule has 0 bridgehead atoms. The SMILES string of the molecule is [C-]#[N+]c1ncc(N2CCC3(CCN(C(=O)c4ccc(N5CCN(CC6(F)CCN(c7ccc8c(c7)C(=O)N(C7CCC(=O)NC7=O)C8=O)CC6)CC5)cc4)CC3)C2)cc1C. The number of amides is 5. The molecule has 14 nitrogen and oxygen atoms in total. The third-order valence-electron chi connectivity index (χ3n) is 13.9. The van der Waals surface area contributed by atoms with Crippen LogP contribution >= 0.6 is 0 Å². The molecule has 9 rings (SSSR count). The van der Waals surface area contributed by atoms with Crippen LogP contribution in [0.25, 0.3) is 4.85 Å². The van der Waals surface area contributed by atoms with Crippen LogP contribution in [0.2, 0.25) is 0 Å². The van der Waals surface area contributed by atoms with Crippen LogP contribution in [-0.2, 0) is 9.59 Å². The highest BCUT2D eigenvalue weighted by Gasteiger charge is 2.46. The van der Waals surface area contributed by atoms with Gasteiger partial charge in [0.2, 0.25) is 11.8 Å². The molecule has 5 fully saturated rings. The van der Waals surface area contributed by atoms with E-state index < -0.39 is 35.3 Å². The van der Waals surface area contributed by atoms with E-state index in [2.05, 4.69) is 35.9 Å². The maximum Gasteiger partial charge on any atom is 0.272 e. The molecule has 5 saturated heterocycles. The molecule has 0 radical (unpaired) electrons. The number of nitrogens with zero attached hydrogens (tertiary/aromatic N) is 8. The second-order valence-electron chi connectivity index (χ2n) is 17.5. The molecule has 60 heavy (non-hydrogen) atoms. The summed E-state index contributed by atoms with van der Waals surface area (Å²) in [6, 6.07) is 14.0. The van der Waals surface area contributed by atoms with Gasteiger partial charge in [-0.3, -0.25) is 39.1 Å². The van der Waals surface area contributed by atoms with Gasteiger partial charge in [-0.15, -0.1) is 4.98 Å². The number of nitrogens with one attached hydrogen (secondary N) is 1. The van der Waals surface area contributed by atoms with E-state index in [1.165, 1.54) is 0 Å². The topological polar surface area (TPSA) is 134 Å². The molecule has 6 aliphatic heterocycles. The van der Waals surface area contributed by atoms with Crippen LogP contribution in [0.3, 0.4) is 0 Å². The number of aryl methyl sites for hydroxylation is 1. The Labute approximate surface area is 349 Å². The van der Waals surface area contributed by atoms with Gasteiger partial charge in [0, 0.05) is 108 Å². The molecular weight excluding hydrogens is 766 g/mol. The van der Waals surface area contributed by atoms with Gasteiger partial charge in [-0.05, 0) is 92.1 Å². The Kier molecular flexibility index (Phi) is 10.3. The summed E-state index contributed by atoms with van der Waals surface area (Å²) in [7, 11) is 0. The fourth-order valence-electron chi connectivity index (χ4n) is 10.1. The van der Waals surface area contributed by atoms with Gasteiger partial charge in [-0.25, -0.2) is 4.39 Å². The summed E-state index contributed by atoms with van der Waals surface area (Å²) in [5.74, 6) is -1.63. The summed E-state index contributed by atoms with van der Waals surface area (Å²) < 4.78 is 16.3. The number of alkyl halides is 1. The molecule has 1 atom stereocenters. The molecule has 5 amide bonds.